The zero-order valence-electron chi connectivity index (χ0n) is 18.1. The van der Waals surface area contributed by atoms with Crippen molar-refractivity contribution in [2.45, 2.75) is 52.0 Å². The zero-order valence-corrected chi connectivity index (χ0v) is 18.1. The average molecular weight is 409 g/mol. The van der Waals surface area contributed by atoms with Crippen LogP contribution in [0.5, 0.6) is 0 Å². The first kappa shape index (κ1) is 20.6. The quantitative estimate of drug-likeness (QED) is 0.821. The molecule has 6 heteroatoms. The Morgan fingerprint density at radius 1 is 1.10 bits per heavy atom. The lowest BCUT2D eigenvalue weighted by Crippen LogP contribution is -2.47. The van der Waals surface area contributed by atoms with Crippen LogP contribution in [0.25, 0.3) is 10.9 Å². The number of carbonyl (C=O) groups is 2. The van der Waals surface area contributed by atoms with Crippen LogP contribution >= 0.6 is 0 Å². The number of rotatable bonds is 5. The first-order valence-corrected chi connectivity index (χ1v) is 11.2. The number of amides is 2. The van der Waals surface area contributed by atoms with E-state index in [4.69, 9.17) is 4.98 Å². The van der Waals surface area contributed by atoms with Crippen molar-refractivity contribution in [2.24, 2.45) is 5.92 Å². The summed E-state index contributed by atoms with van der Waals surface area (Å²) in [6.45, 7) is 7.46. The first-order chi connectivity index (χ1) is 14.5. The number of aromatic nitrogens is 1. The molecule has 0 saturated carbocycles. The second-order valence-corrected chi connectivity index (χ2v) is 8.97. The Morgan fingerprint density at radius 3 is 2.50 bits per heavy atom. The van der Waals surface area contributed by atoms with E-state index < -0.39 is 0 Å². The van der Waals surface area contributed by atoms with E-state index in [0.29, 0.717) is 31.0 Å². The van der Waals surface area contributed by atoms with Gasteiger partial charge in [-0.3, -0.25) is 9.59 Å². The Kier molecular flexibility index (Phi) is 6.21. The molecule has 0 bridgehead atoms. The van der Waals surface area contributed by atoms with Gasteiger partial charge in [0.25, 0.3) is 5.91 Å². The highest BCUT2D eigenvalue weighted by Gasteiger charge is 2.27. The smallest absolute Gasteiger partial charge is 0.255 e. The van der Waals surface area contributed by atoms with Crippen LogP contribution in [0.4, 0.5) is 5.82 Å². The van der Waals surface area contributed by atoms with Crippen molar-refractivity contribution in [1.29, 1.82) is 0 Å². The number of hydrogen-bond acceptors (Lipinski definition) is 4. The molecule has 4 rings (SSSR count). The number of anilines is 1. The molecule has 160 valence electrons. The van der Waals surface area contributed by atoms with Gasteiger partial charge in [0.05, 0.1) is 11.1 Å². The molecule has 0 aliphatic carbocycles. The van der Waals surface area contributed by atoms with Crippen LogP contribution in [0.15, 0.2) is 30.3 Å². The second kappa shape index (κ2) is 9.02. The average Bonchev–Trinajstić information content (AvgIpc) is 3.27. The second-order valence-electron chi connectivity index (χ2n) is 8.97. The fourth-order valence-electron chi connectivity index (χ4n) is 4.46. The molecule has 1 N–H and O–H groups in total. The van der Waals surface area contributed by atoms with Crippen LogP contribution in [0.3, 0.4) is 0 Å². The number of piperidine rings is 1. The molecular weight excluding hydrogens is 376 g/mol. The molecule has 0 spiro atoms. The number of nitrogens with one attached hydrogen (secondary N) is 1. The summed E-state index contributed by atoms with van der Waals surface area (Å²) in [5.74, 6) is 1.35. The van der Waals surface area contributed by atoms with Crippen molar-refractivity contribution in [1.82, 2.24) is 15.2 Å². The monoisotopic (exact) mass is 408 g/mol. The molecule has 2 saturated heterocycles. The fourth-order valence-corrected chi connectivity index (χ4v) is 4.46. The maximum Gasteiger partial charge on any atom is 0.255 e. The number of carbonyl (C=O) groups excluding carboxylic acids is 2. The molecule has 2 aliphatic heterocycles. The molecule has 2 amide bonds. The fraction of sp³-hybridized carbons (Fsp3) is 0.542. The van der Waals surface area contributed by atoms with Gasteiger partial charge in [0.15, 0.2) is 0 Å². The normalized spacial score (nSPS) is 17.7. The van der Waals surface area contributed by atoms with E-state index in [2.05, 4.69) is 24.1 Å². The van der Waals surface area contributed by atoms with Gasteiger partial charge in [-0.1, -0.05) is 32.0 Å². The number of hydrogen-bond donors (Lipinski definition) is 1. The molecule has 0 atom stereocenters. The van der Waals surface area contributed by atoms with Crippen LogP contribution in [-0.2, 0) is 4.79 Å². The van der Waals surface area contributed by atoms with Crippen molar-refractivity contribution in [3.63, 3.8) is 0 Å². The van der Waals surface area contributed by atoms with Crippen LogP contribution < -0.4 is 10.2 Å². The highest BCUT2D eigenvalue weighted by atomic mass is 16.2. The third-order valence-electron chi connectivity index (χ3n) is 6.12. The summed E-state index contributed by atoms with van der Waals surface area (Å²) in [4.78, 5) is 34.6. The number of fused-ring (bicyclic) bond motifs is 1. The molecule has 6 nitrogen and oxygen atoms in total. The van der Waals surface area contributed by atoms with Gasteiger partial charge in [0.2, 0.25) is 5.91 Å². The number of likely N-dealkylation sites (tertiary alicyclic amines) is 1. The topological polar surface area (TPSA) is 65.5 Å². The SMILES string of the molecule is CC(C)CC(=O)N1CCC(NC(=O)c2cc3ccccc3nc2N2CCCC2)CC1. The minimum Gasteiger partial charge on any atom is -0.356 e. The van der Waals surface area contributed by atoms with Crippen LogP contribution in [0, 0.1) is 5.92 Å². The summed E-state index contributed by atoms with van der Waals surface area (Å²) in [5.41, 5.74) is 1.59. The van der Waals surface area contributed by atoms with Gasteiger partial charge in [-0.15, -0.1) is 0 Å². The predicted molar refractivity (Wildman–Crippen MR) is 120 cm³/mol. The first-order valence-electron chi connectivity index (χ1n) is 11.2. The van der Waals surface area contributed by atoms with Crippen LogP contribution in [0.1, 0.15) is 56.3 Å². The van der Waals surface area contributed by atoms with Gasteiger partial charge in [0, 0.05) is 44.0 Å². The van der Waals surface area contributed by atoms with Gasteiger partial charge < -0.3 is 15.1 Å². The van der Waals surface area contributed by atoms with Crippen LogP contribution in [-0.4, -0.2) is 53.9 Å². The Labute approximate surface area is 178 Å². The summed E-state index contributed by atoms with van der Waals surface area (Å²) in [5, 5.41) is 4.21. The van der Waals surface area contributed by atoms with E-state index in [-0.39, 0.29) is 17.9 Å². The molecule has 1 aromatic heterocycles. The Hall–Kier alpha value is -2.63. The predicted octanol–water partition coefficient (Wildman–Crippen LogP) is 3.60. The summed E-state index contributed by atoms with van der Waals surface area (Å²) in [6.07, 6.45) is 4.47. The lowest BCUT2D eigenvalue weighted by atomic mass is 10.0. The van der Waals surface area contributed by atoms with Crippen molar-refractivity contribution >= 4 is 28.5 Å². The summed E-state index contributed by atoms with van der Waals surface area (Å²) in [7, 11) is 0. The minimum absolute atomic E-state index is 0.0536. The summed E-state index contributed by atoms with van der Waals surface area (Å²) in [6, 6.07) is 10.0. The number of para-hydroxylation sites is 1. The lowest BCUT2D eigenvalue weighted by Gasteiger charge is -2.33. The van der Waals surface area contributed by atoms with E-state index in [0.717, 1.165) is 55.5 Å². The Bertz CT molecular complexity index is 913. The molecule has 2 aromatic rings. The van der Waals surface area contributed by atoms with E-state index in [1.807, 2.05) is 35.2 Å². The number of pyridine rings is 1. The third kappa shape index (κ3) is 4.58. The number of nitrogens with zero attached hydrogens (tertiary/aromatic N) is 3. The maximum absolute atomic E-state index is 13.2. The van der Waals surface area contributed by atoms with Gasteiger partial charge in [-0.05, 0) is 43.7 Å². The van der Waals surface area contributed by atoms with Gasteiger partial charge in [-0.2, -0.15) is 0 Å². The minimum atomic E-state index is -0.0536. The van der Waals surface area contributed by atoms with E-state index >= 15 is 0 Å². The van der Waals surface area contributed by atoms with Gasteiger partial charge in [-0.25, -0.2) is 4.98 Å². The van der Waals surface area contributed by atoms with E-state index in [9.17, 15) is 9.59 Å². The third-order valence-corrected chi connectivity index (χ3v) is 6.12. The molecular formula is C24H32N4O2. The van der Waals surface area contributed by atoms with E-state index in [1.165, 1.54) is 0 Å². The lowest BCUT2D eigenvalue weighted by molar-refractivity contribution is -0.133. The standard InChI is InChI=1S/C24H32N4O2/c1-17(2)15-22(29)27-13-9-19(10-14-27)25-24(30)20-16-18-7-3-4-8-21(18)26-23(20)28-11-5-6-12-28/h3-4,7-8,16-17,19H,5-6,9-15H2,1-2H3,(H,25,30). The maximum atomic E-state index is 13.2. The summed E-state index contributed by atoms with van der Waals surface area (Å²) >= 11 is 0. The molecule has 0 unspecified atom stereocenters. The molecule has 0 radical (unpaired) electrons. The van der Waals surface area contributed by atoms with Crippen molar-refractivity contribution < 1.29 is 9.59 Å². The molecule has 3 heterocycles. The van der Waals surface area contributed by atoms with Crippen LogP contribution in [0.2, 0.25) is 0 Å². The zero-order chi connectivity index (χ0) is 21.1. The largest absolute Gasteiger partial charge is 0.356 e. The Morgan fingerprint density at radius 2 is 1.80 bits per heavy atom. The molecule has 1 aromatic carbocycles. The van der Waals surface area contributed by atoms with E-state index in [1.54, 1.807) is 0 Å². The molecule has 2 fully saturated rings. The highest BCUT2D eigenvalue weighted by Crippen LogP contribution is 2.27. The Balaban J connectivity index is 1.47. The molecule has 30 heavy (non-hydrogen) atoms. The van der Waals surface area contributed by atoms with Crippen molar-refractivity contribution in [2.75, 3.05) is 31.1 Å². The van der Waals surface area contributed by atoms with Gasteiger partial charge >= 0.3 is 0 Å². The molecule has 2 aliphatic rings. The number of benzene rings is 1. The van der Waals surface area contributed by atoms with Gasteiger partial charge in [0.1, 0.15) is 5.82 Å². The highest BCUT2D eigenvalue weighted by molar-refractivity contribution is 6.02. The van der Waals surface area contributed by atoms with Crippen molar-refractivity contribution in [3.05, 3.63) is 35.9 Å². The summed E-state index contributed by atoms with van der Waals surface area (Å²) < 4.78 is 0. The van der Waals surface area contributed by atoms with Crippen molar-refractivity contribution in [3.8, 4) is 0 Å².